The molecule has 0 bridgehead atoms. The molecule has 0 aromatic carbocycles. The first-order chi connectivity index (χ1) is 6.38. The first-order valence-electron chi connectivity index (χ1n) is 4.38. The second-order valence-electron chi connectivity index (χ2n) is 2.94. The van der Waals surface area contributed by atoms with Crippen LogP contribution in [0.5, 0.6) is 0 Å². The Labute approximate surface area is 86.5 Å². The van der Waals surface area contributed by atoms with Gasteiger partial charge in [0, 0.05) is 11.1 Å². The molecule has 2 rings (SSSR count). The van der Waals surface area contributed by atoms with Gasteiger partial charge in [-0.25, -0.2) is 0 Å². The number of thiophene rings is 1. The molecule has 1 aromatic rings. The van der Waals surface area contributed by atoms with E-state index in [9.17, 15) is 0 Å². The van der Waals surface area contributed by atoms with E-state index in [0.717, 1.165) is 23.0 Å². The van der Waals surface area contributed by atoms with Gasteiger partial charge in [-0.1, -0.05) is 18.7 Å². The van der Waals surface area contributed by atoms with Gasteiger partial charge in [-0.05, 0) is 17.9 Å². The topological polar surface area (TPSA) is 24.4 Å². The fraction of sp³-hybridized carbons (Fsp3) is 0.444. The Balaban J connectivity index is 1.96. The van der Waals surface area contributed by atoms with E-state index >= 15 is 0 Å². The number of amidine groups is 1. The number of rotatable bonds is 2. The van der Waals surface area contributed by atoms with Crippen molar-refractivity contribution < 1.29 is 0 Å². The maximum Gasteiger partial charge on any atom is 0.161 e. The third-order valence-electron chi connectivity index (χ3n) is 1.96. The molecule has 1 atom stereocenters. The molecular weight excluding hydrogens is 200 g/mol. The molecule has 70 valence electrons. The summed E-state index contributed by atoms with van der Waals surface area (Å²) in [5.74, 6) is 1.13. The molecule has 2 nitrogen and oxygen atoms in total. The van der Waals surface area contributed by atoms with Gasteiger partial charge in [0.15, 0.2) is 5.17 Å². The van der Waals surface area contributed by atoms with Gasteiger partial charge in [-0.3, -0.25) is 4.99 Å². The summed E-state index contributed by atoms with van der Waals surface area (Å²) >= 11 is 3.52. The molecule has 13 heavy (non-hydrogen) atoms. The molecule has 0 amide bonds. The van der Waals surface area contributed by atoms with Gasteiger partial charge < -0.3 is 5.32 Å². The van der Waals surface area contributed by atoms with Crippen LogP contribution in [0.1, 0.15) is 13.3 Å². The quantitative estimate of drug-likeness (QED) is 0.815. The van der Waals surface area contributed by atoms with Crippen LogP contribution in [0.4, 0.5) is 5.69 Å². The largest absolute Gasteiger partial charge is 0.334 e. The van der Waals surface area contributed by atoms with Crippen molar-refractivity contribution in [2.24, 2.45) is 4.99 Å². The normalized spacial score (nSPS) is 21.6. The van der Waals surface area contributed by atoms with Gasteiger partial charge in [-0.15, -0.1) is 0 Å². The fourth-order valence-corrected chi connectivity index (χ4v) is 2.81. The summed E-state index contributed by atoms with van der Waals surface area (Å²) in [7, 11) is 0. The van der Waals surface area contributed by atoms with Crippen molar-refractivity contribution in [1.29, 1.82) is 0 Å². The van der Waals surface area contributed by atoms with Crippen molar-refractivity contribution in [3.05, 3.63) is 16.8 Å². The van der Waals surface area contributed by atoms with Crippen molar-refractivity contribution in [3.8, 4) is 0 Å². The van der Waals surface area contributed by atoms with Crippen molar-refractivity contribution in [2.45, 2.75) is 19.4 Å². The molecule has 4 heteroatoms. The number of nitrogens with one attached hydrogen (secondary N) is 1. The Kier molecular flexibility index (Phi) is 2.90. The second kappa shape index (κ2) is 4.15. The van der Waals surface area contributed by atoms with E-state index in [-0.39, 0.29) is 0 Å². The van der Waals surface area contributed by atoms with E-state index in [1.807, 2.05) is 11.8 Å². The van der Waals surface area contributed by atoms with Crippen LogP contribution in [0.25, 0.3) is 0 Å². The van der Waals surface area contributed by atoms with E-state index in [4.69, 9.17) is 0 Å². The molecule has 1 aliphatic heterocycles. The molecular formula is C9H12N2S2. The van der Waals surface area contributed by atoms with Crippen molar-refractivity contribution in [2.75, 3.05) is 11.1 Å². The van der Waals surface area contributed by atoms with Crippen LogP contribution in [-0.4, -0.2) is 17.0 Å². The van der Waals surface area contributed by atoms with Gasteiger partial charge in [0.1, 0.15) is 0 Å². The Hall–Kier alpha value is -0.480. The minimum absolute atomic E-state index is 0.520. The Morgan fingerprint density at radius 3 is 3.23 bits per heavy atom. The fourth-order valence-electron chi connectivity index (χ4n) is 1.15. The lowest BCUT2D eigenvalue weighted by Gasteiger charge is -1.99. The van der Waals surface area contributed by atoms with Crippen molar-refractivity contribution in [1.82, 2.24) is 0 Å². The summed E-state index contributed by atoms with van der Waals surface area (Å²) in [6.45, 7) is 2.18. The molecule has 1 N–H and O–H groups in total. The maximum atomic E-state index is 4.55. The molecule has 1 aliphatic rings. The molecule has 0 radical (unpaired) electrons. The highest BCUT2D eigenvalue weighted by atomic mass is 32.2. The maximum absolute atomic E-state index is 4.55. The molecule has 0 saturated carbocycles. The van der Waals surface area contributed by atoms with E-state index in [1.165, 1.54) is 0 Å². The van der Waals surface area contributed by atoms with E-state index in [0.29, 0.717) is 6.04 Å². The zero-order valence-corrected chi connectivity index (χ0v) is 9.12. The molecule has 0 fully saturated rings. The highest BCUT2D eigenvalue weighted by molar-refractivity contribution is 8.14. The summed E-state index contributed by atoms with van der Waals surface area (Å²) < 4.78 is 0. The Morgan fingerprint density at radius 1 is 1.69 bits per heavy atom. The van der Waals surface area contributed by atoms with Crippen molar-refractivity contribution >= 4 is 34.0 Å². The average Bonchev–Trinajstić information content (AvgIpc) is 2.76. The van der Waals surface area contributed by atoms with Crippen molar-refractivity contribution in [3.63, 3.8) is 0 Å². The van der Waals surface area contributed by atoms with Gasteiger partial charge in [0.25, 0.3) is 0 Å². The highest BCUT2D eigenvalue weighted by Crippen LogP contribution is 2.22. The van der Waals surface area contributed by atoms with Crippen LogP contribution in [-0.2, 0) is 0 Å². The summed E-state index contributed by atoms with van der Waals surface area (Å²) in [6, 6.07) is 2.60. The van der Waals surface area contributed by atoms with E-state index < -0.39 is 0 Å². The zero-order chi connectivity index (χ0) is 9.10. The van der Waals surface area contributed by atoms with E-state index in [1.54, 1.807) is 11.3 Å². The summed E-state index contributed by atoms with van der Waals surface area (Å²) in [6.07, 6.45) is 1.14. The predicted molar refractivity (Wildman–Crippen MR) is 61.9 cm³/mol. The molecule has 2 heterocycles. The number of anilines is 1. The Morgan fingerprint density at radius 2 is 2.62 bits per heavy atom. The van der Waals surface area contributed by atoms with Crippen LogP contribution in [0, 0.1) is 0 Å². The SMILES string of the molecule is CCC1CSC(Nc2ccsc2)=N1. The minimum Gasteiger partial charge on any atom is -0.334 e. The van der Waals surface area contributed by atoms with Crippen LogP contribution < -0.4 is 5.32 Å². The average molecular weight is 212 g/mol. The van der Waals surface area contributed by atoms with Gasteiger partial charge in [0.2, 0.25) is 0 Å². The summed E-state index contributed by atoms with van der Waals surface area (Å²) in [5.41, 5.74) is 1.16. The number of thioether (sulfide) groups is 1. The second-order valence-corrected chi connectivity index (χ2v) is 4.73. The van der Waals surface area contributed by atoms with Gasteiger partial charge >= 0.3 is 0 Å². The molecule has 1 aromatic heterocycles. The van der Waals surface area contributed by atoms with Gasteiger partial charge in [0.05, 0.1) is 11.7 Å². The summed E-state index contributed by atoms with van der Waals surface area (Å²) in [4.78, 5) is 4.55. The van der Waals surface area contributed by atoms with E-state index in [2.05, 4.69) is 34.1 Å². The number of hydrogen-bond donors (Lipinski definition) is 1. The van der Waals surface area contributed by atoms with Crippen LogP contribution in [0.2, 0.25) is 0 Å². The smallest absolute Gasteiger partial charge is 0.161 e. The van der Waals surface area contributed by atoms with Crippen LogP contribution in [0.15, 0.2) is 21.8 Å². The first-order valence-corrected chi connectivity index (χ1v) is 6.31. The summed E-state index contributed by atoms with van der Waals surface area (Å²) in [5, 5.41) is 8.55. The monoisotopic (exact) mass is 212 g/mol. The third kappa shape index (κ3) is 2.25. The Bertz CT molecular complexity index is 293. The number of hydrogen-bond acceptors (Lipinski definition) is 4. The molecule has 0 saturated heterocycles. The number of nitrogens with zero attached hydrogens (tertiary/aromatic N) is 1. The standard InChI is InChI=1S/C9H12N2S2/c1-2-7-6-13-9(10-7)11-8-3-4-12-5-8/h3-5,7H,2,6H2,1H3,(H,10,11). The predicted octanol–water partition coefficient (Wildman–Crippen LogP) is 3.04. The molecule has 1 unspecified atom stereocenters. The first kappa shape index (κ1) is 9.09. The zero-order valence-electron chi connectivity index (χ0n) is 7.49. The van der Waals surface area contributed by atoms with Crippen LogP contribution >= 0.6 is 23.1 Å². The van der Waals surface area contributed by atoms with Crippen LogP contribution in [0.3, 0.4) is 0 Å². The third-order valence-corrected chi connectivity index (χ3v) is 3.67. The lowest BCUT2D eigenvalue weighted by molar-refractivity contribution is 0.738. The highest BCUT2D eigenvalue weighted by Gasteiger charge is 2.16. The molecule has 0 spiro atoms. The number of aliphatic imine (C=N–C) groups is 1. The lowest BCUT2D eigenvalue weighted by atomic mass is 10.3. The van der Waals surface area contributed by atoms with Gasteiger partial charge in [-0.2, -0.15) is 11.3 Å². The lowest BCUT2D eigenvalue weighted by Crippen LogP contribution is -2.04. The minimum atomic E-state index is 0.520. The molecule has 0 aliphatic carbocycles.